The normalized spacial score (nSPS) is 25.0. The summed E-state index contributed by atoms with van der Waals surface area (Å²) >= 11 is 6.24. The first kappa shape index (κ1) is 24.6. The Morgan fingerprint density at radius 2 is 1.97 bits per heavy atom. The van der Waals surface area contributed by atoms with Gasteiger partial charge in [-0.1, -0.05) is 24.9 Å². The predicted octanol–water partition coefficient (Wildman–Crippen LogP) is 4.09. The van der Waals surface area contributed by atoms with Gasteiger partial charge in [0.1, 0.15) is 17.0 Å². The van der Waals surface area contributed by atoms with Gasteiger partial charge in [-0.3, -0.25) is 9.59 Å². The summed E-state index contributed by atoms with van der Waals surface area (Å²) in [6, 6.07) is 1.56. The number of aromatic nitrogens is 2. The van der Waals surface area contributed by atoms with E-state index in [4.69, 9.17) is 22.1 Å². The molecule has 0 aromatic carbocycles. The number of hydrogen-bond acceptors (Lipinski definition) is 7. The zero-order valence-corrected chi connectivity index (χ0v) is 20.1. The van der Waals surface area contributed by atoms with Crippen molar-refractivity contribution < 1.29 is 14.3 Å². The van der Waals surface area contributed by atoms with Crippen LogP contribution in [0.1, 0.15) is 77.5 Å². The molecule has 1 aromatic heterocycles. The van der Waals surface area contributed by atoms with Gasteiger partial charge in [0.25, 0.3) is 0 Å². The smallest absolute Gasteiger partial charge is 0.218 e. The molecule has 0 saturated heterocycles. The second-order valence-electron chi connectivity index (χ2n) is 9.19. The lowest BCUT2D eigenvalue weighted by Gasteiger charge is -2.38. The van der Waals surface area contributed by atoms with E-state index in [0.29, 0.717) is 43.1 Å². The van der Waals surface area contributed by atoms with Crippen LogP contribution in [0.25, 0.3) is 5.70 Å². The van der Waals surface area contributed by atoms with Crippen LogP contribution in [0.15, 0.2) is 11.6 Å². The van der Waals surface area contributed by atoms with Gasteiger partial charge < -0.3 is 15.8 Å². The van der Waals surface area contributed by atoms with Crippen LogP contribution < -0.4 is 15.8 Å². The molecule has 1 heterocycles. The molecular weight excluding hydrogens is 428 g/mol. The molecular formula is C24H35ClN4O3. The lowest BCUT2D eigenvalue weighted by molar-refractivity contribution is -0.143. The van der Waals surface area contributed by atoms with Crippen molar-refractivity contribution in [1.29, 1.82) is 0 Å². The number of halogens is 1. The first-order chi connectivity index (χ1) is 15.3. The third kappa shape index (κ3) is 5.31. The first-order valence-electron chi connectivity index (χ1n) is 11.7. The van der Waals surface area contributed by atoms with Gasteiger partial charge in [0.15, 0.2) is 11.6 Å². The van der Waals surface area contributed by atoms with E-state index < -0.39 is 5.41 Å². The molecule has 0 aliphatic heterocycles. The Hall–Kier alpha value is -1.99. The molecule has 3 N–H and O–H groups in total. The van der Waals surface area contributed by atoms with Crippen LogP contribution in [0.5, 0.6) is 5.88 Å². The number of rotatable bonds is 8. The summed E-state index contributed by atoms with van der Waals surface area (Å²) in [5, 5.41) is 3.36. The predicted molar refractivity (Wildman–Crippen MR) is 125 cm³/mol. The van der Waals surface area contributed by atoms with Crippen LogP contribution in [-0.4, -0.2) is 41.2 Å². The highest BCUT2D eigenvalue weighted by atomic mass is 35.5. The van der Waals surface area contributed by atoms with Gasteiger partial charge in [0.2, 0.25) is 5.88 Å². The molecule has 0 bridgehead atoms. The minimum absolute atomic E-state index is 0.0517. The number of ketones is 2. The van der Waals surface area contributed by atoms with Crippen molar-refractivity contribution in [2.45, 2.75) is 77.7 Å². The maximum absolute atomic E-state index is 13.4. The molecule has 1 aromatic rings. The molecule has 3 atom stereocenters. The fourth-order valence-corrected chi connectivity index (χ4v) is 4.96. The lowest BCUT2D eigenvalue weighted by Crippen LogP contribution is -2.45. The summed E-state index contributed by atoms with van der Waals surface area (Å²) in [4.78, 5) is 34.8. The molecule has 0 radical (unpaired) electrons. The van der Waals surface area contributed by atoms with E-state index in [9.17, 15) is 9.59 Å². The van der Waals surface area contributed by atoms with Gasteiger partial charge in [-0.05, 0) is 71.4 Å². The van der Waals surface area contributed by atoms with Crippen molar-refractivity contribution in [3.63, 3.8) is 0 Å². The van der Waals surface area contributed by atoms with Crippen molar-refractivity contribution in [3.05, 3.63) is 22.6 Å². The third-order valence-electron chi connectivity index (χ3n) is 6.96. The molecule has 2 aliphatic carbocycles. The lowest BCUT2D eigenvalue weighted by atomic mass is 9.62. The van der Waals surface area contributed by atoms with Crippen molar-refractivity contribution in [3.8, 4) is 5.88 Å². The third-order valence-corrected chi connectivity index (χ3v) is 7.16. The van der Waals surface area contributed by atoms with Gasteiger partial charge in [0.05, 0.1) is 11.1 Å². The largest absolute Gasteiger partial charge is 0.474 e. The summed E-state index contributed by atoms with van der Waals surface area (Å²) in [5.74, 6) is 0.752. The summed E-state index contributed by atoms with van der Waals surface area (Å²) in [7, 11) is 1.94. The minimum Gasteiger partial charge on any atom is -0.474 e. The van der Waals surface area contributed by atoms with Gasteiger partial charge >= 0.3 is 0 Å². The maximum Gasteiger partial charge on any atom is 0.218 e. The Bertz CT molecular complexity index is 884. The zero-order valence-electron chi connectivity index (χ0n) is 19.4. The van der Waals surface area contributed by atoms with Gasteiger partial charge in [-0.2, -0.15) is 4.98 Å². The second kappa shape index (κ2) is 10.8. The highest BCUT2D eigenvalue weighted by Crippen LogP contribution is 2.45. The molecule has 0 amide bonds. The number of ether oxygens (including phenoxy) is 1. The number of carbonyl (C=O) groups is 2. The number of Topliss-reactive ketones (excluding diaryl/α,β-unsaturated/α-hetero) is 2. The monoisotopic (exact) mass is 462 g/mol. The molecule has 8 heteroatoms. The van der Waals surface area contributed by atoms with Crippen LogP contribution in [0, 0.1) is 11.3 Å². The van der Waals surface area contributed by atoms with E-state index in [2.05, 4.69) is 22.2 Å². The van der Waals surface area contributed by atoms with Crippen molar-refractivity contribution in [1.82, 2.24) is 15.3 Å². The number of carbonyl (C=O) groups excluding carboxylic acids is 2. The number of nitrogens with two attached hydrogens (primary N) is 1. The van der Waals surface area contributed by atoms with Crippen LogP contribution in [0.2, 0.25) is 5.15 Å². The Kier molecular flexibility index (Phi) is 8.28. The zero-order chi connectivity index (χ0) is 23.3. The molecule has 0 unspecified atom stereocenters. The fourth-order valence-electron chi connectivity index (χ4n) is 4.79. The van der Waals surface area contributed by atoms with Crippen LogP contribution in [-0.2, 0) is 9.59 Å². The molecule has 176 valence electrons. The second-order valence-corrected chi connectivity index (χ2v) is 9.57. The van der Waals surface area contributed by atoms with Crippen molar-refractivity contribution in [2.24, 2.45) is 17.1 Å². The molecule has 2 aliphatic rings. The van der Waals surface area contributed by atoms with E-state index in [1.165, 1.54) is 0 Å². The Morgan fingerprint density at radius 3 is 2.69 bits per heavy atom. The van der Waals surface area contributed by atoms with Crippen LogP contribution in [0.4, 0.5) is 0 Å². The summed E-state index contributed by atoms with van der Waals surface area (Å²) < 4.78 is 6.05. The highest BCUT2D eigenvalue weighted by molar-refractivity contribution is 6.29. The number of nitrogens with zero attached hydrogens (tertiary/aromatic N) is 2. The SMILES string of the molecule is CNCCC[C@H](C)[C@H](C)Oc1cc(Cl)nc(/C(N)=C2\CCC[C@@]3(CCCCC3=O)C2=O)n1. The maximum atomic E-state index is 13.4. The summed E-state index contributed by atoms with van der Waals surface area (Å²) in [6.45, 7) is 5.11. The van der Waals surface area contributed by atoms with Gasteiger partial charge in [0, 0.05) is 18.1 Å². The molecule has 2 saturated carbocycles. The Balaban J connectivity index is 1.83. The summed E-state index contributed by atoms with van der Waals surface area (Å²) in [5.41, 5.74) is 6.15. The standard InChI is InChI=1S/C24H35ClN4O3/c1-15(8-7-13-27-3)16(2)32-20-14-19(25)28-23(29-20)21(26)17-9-6-12-24(22(17)31)11-5-4-10-18(24)30/h14-16,27H,4-13,26H2,1-3H3/b21-17-/t15-,16-,24+/m0/s1. The van der Waals surface area contributed by atoms with Crippen LogP contribution in [0.3, 0.4) is 0 Å². The van der Waals surface area contributed by atoms with Crippen molar-refractivity contribution >= 4 is 28.9 Å². The molecule has 7 nitrogen and oxygen atoms in total. The summed E-state index contributed by atoms with van der Waals surface area (Å²) in [6.07, 6.45) is 6.70. The van der Waals surface area contributed by atoms with E-state index >= 15 is 0 Å². The number of nitrogens with one attached hydrogen (secondary N) is 1. The minimum atomic E-state index is -0.911. The topological polar surface area (TPSA) is 107 Å². The Morgan fingerprint density at radius 1 is 1.22 bits per heavy atom. The molecule has 32 heavy (non-hydrogen) atoms. The number of hydrogen-bond donors (Lipinski definition) is 2. The highest BCUT2D eigenvalue weighted by Gasteiger charge is 2.49. The van der Waals surface area contributed by atoms with E-state index in [0.717, 1.165) is 38.6 Å². The van der Waals surface area contributed by atoms with Crippen LogP contribution >= 0.6 is 11.6 Å². The fraction of sp³-hybridized carbons (Fsp3) is 0.667. The first-order valence-corrected chi connectivity index (χ1v) is 12.1. The number of allylic oxidation sites excluding steroid dienone is 1. The quantitative estimate of drug-likeness (QED) is 0.259. The molecule has 1 spiro atoms. The average Bonchev–Trinajstić information content (AvgIpc) is 2.76. The van der Waals surface area contributed by atoms with Gasteiger partial charge in [-0.25, -0.2) is 4.98 Å². The Labute approximate surface area is 195 Å². The molecule has 3 rings (SSSR count). The van der Waals surface area contributed by atoms with E-state index in [1.807, 2.05) is 14.0 Å². The van der Waals surface area contributed by atoms with Crippen molar-refractivity contribution in [2.75, 3.05) is 13.6 Å². The van der Waals surface area contributed by atoms with E-state index in [-0.39, 0.29) is 34.3 Å². The van der Waals surface area contributed by atoms with Gasteiger partial charge in [-0.15, -0.1) is 0 Å². The average molecular weight is 463 g/mol. The van der Waals surface area contributed by atoms with E-state index in [1.54, 1.807) is 6.07 Å². The molecule has 2 fully saturated rings.